The zero-order chi connectivity index (χ0) is 23.3. The third kappa shape index (κ3) is 3.89. The van der Waals surface area contributed by atoms with Gasteiger partial charge in [-0.1, -0.05) is 63.5 Å². The van der Waals surface area contributed by atoms with E-state index in [9.17, 15) is 9.90 Å². The highest BCUT2D eigenvalue weighted by atomic mass is 16.5. The fraction of sp³-hybridized carbons (Fsp3) is 0.833. The molecule has 5 rings (SSSR count). The van der Waals surface area contributed by atoms with Crippen LogP contribution in [0.5, 0.6) is 0 Å². The van der Waals surface area contributed by atoms with E-state index in [1.54, 1.807) is 0 Å². The van der Waals surface area contributed by atoms with E-state index in [0.717, 1.165) is 63.7 Å². The van der Waals surface area contributed by atoms with Crippen LogP contribution in [0.3, 0.4) is 0 Å². The maximum atomic E-state index is 12.6. The van der Waals surface area contributed by atoms with Gasteiger partial charge in [-0.05, 0) is 80.5 Å². The standard InChI is InChI=1S/C30H44O3/c1-4-30(32)19-16-26-24-12-11-22-20-23(33-27(31)13-10-21-8-6-5-7-9-21)14-17-28(22,2)25(24)15-18-29(26,30)3/h1,11,21,23-26,32H,5-10,12-20H2,2-3H3/t23-,24+,25-,26-,28-,29-,30-/m0/s1. The van der Waals surface area contributed by atoms with Gasteiger partial charge in [-0.3, -0.25) is 4.79 Å². The van der Waals surface area contributed by atoms with Crippen LogP contribution in [0.1, 0.15) is 110 Å². The topological polar surface area (TPSA) is 46.5 Å². The van der Waals surface area contributed by atoms with Crippen molar-refractivity contribution in [3.8, 4) is 12.3 Å². The predicted molar refractivity (Wildman–Crippen MR) is 131 cm³/mol. The Morgan fingerprint density at radius 1 is 1.09 bits per heavy atom. The van der Waals surface area contributed by atoms with Crippen molar-refractivity contribution in [1.29, 1.82) is 0 Å². The molecule has 3 heteroatoms. The van der Waals surface area contributed by atoms with Crippen molar-refractivity contribution in [2.75, 3.05) is 0 Å². The Bertz CT molecular complexity index is 832. The highest BCUT2D eigenvalue weighted by Gasteiger charge is 2.63. The molecule has 182 valence electrons. The van der Waals surface area contributed by atoms with Crippen molar-refractivity contribution in [1.82, 2.24) is 0 Å². The minimum atomic E-state index is -0.934. The summed E-state index contributed by atoms with van der Waals surface area (Å²) in [6.07, 6.45) is 24.7. The summed E-state index contributed by atoms with van der Waals surface area (Å²) in [5.41, 5.74) is 0.674. The summed E-state index contributed by atoms with van der Waals surface area (Å²) < 4.78 is 6.00. The van der Waals surface area contributed by atoms with Crippen molar-refractivity contribution in [2.24, 2.45) is 34.5 Å². The smallest absolute Gasteiger partial charge is 0.306 e. The number of fused-ring (bicyclic) bond motifs is 5. The molecule has 0 amide bonds. The first-order valence-corrected chi connectivity index (χ1v) is 13.9. The zero-order valence-corrected chi connectivity index (χ0v) is 20.9. The molecule has 0 heterocycles. The number of carbonyl (C=O) groups excluding carboxylic acids is 1. The summed E-state index contributed by atoms with van der Waals surface area (Å²) in [5.74, 6) is 5.35. The Hall–Kier alpha value is -1.27. The Labute approximate surface area is 201 Å². The Kier molecular flexibility index (Phi) is 6.22. The van der Waals surface area contributed by atoms with Gasteiger partial charge >= 0.3 is 5.97 Å². The van der Waals surface area contributed by atoms with Crippen LogP contribution >= 0.6 is 0 Å². The van der Waals surface area contributed by atoms with E-state index in [1.165, 1.54) is 37.7 Å². The highest BCUT2D eigenvalue weighted by Crippen LogP contribution is 2.67. The highest BCUT2D eigenvalue weighted by molar-refractivity contribution is 5.69. The third-order valence-electron chi connectivity index (χ3n) is 11.2. The van der Waals surface area contributed by atoms with Crippen LogP contribution in [0.2, 0.25) is 0 Å². The second kappa shape index (κ2) is 8.75. The van der Waals surface area contributed by atoms with Crippen LogP contribution in [0.4, 0.5) is 0 Å². The lowest BCUT2D eigenvalue weighted by molar-refractivity contribution is -0.152. The first-order valence-electron chi connectivity index (χ1n) is 13.9. The summed E-state index contributed by atoms with van der Waals surface area (Å²) in [6, 6.07) is 0. The van der Waals surface area contributed by atoms with Crippen LogP contribution in [0.25, 0.3) is 0 Å². The van der Waals surface area contributed by atoms with Crippen LogP contribution in [0, 0.1) is 46.8 Å². The van der Waals surface area contributed by atoms with Gasteiger partial charge in [0.2, 0.25) is 0 Å². The SMILES string of the molecule is C#C[C@]1(O)CC[C@H]2[C@@H]3CC=C4C[C@@H](OC(=O)CCC5CCCCC5)CC[C@]4(C)[C@H]3CC[C@@]21C. The van der Waals surface area contributed by atoms with E-state index in [2.05, 4.69) is 25.8 Å². The summed E-state index contributed by atoms with van der Waals surface area (Å²) >= 11 is 0. The number of ether oxygens (including phenoxy) is 1. The molecular formula is C30H44O3. The van der Waals surface area contributed by atoms with Gasteiger partial charge in [0.15, 0.2) is 0 Å². The third-order valence-corrected chi connectivity index (χ3v) is 11.2. The molecule has 3 nitrogen and oxygen atoms in total. The number of esters is 1. The normalized spacial score (nSPS) is 45.2. The van der Waals surface area contributed by atoms with E-state index >= 15 is 0 Å². The lowest BCUT2D eigenvalue weighted by Crippen LogP contribution is -2.54. The lowest BCUT2D eigenvalue weighted by atomic mass is 9.47. The minimum Gasteiger partial charge on any atom is -0.462 e. The van der Waals surface area contributed by atoms with Gasteiger partial charge in [-0.25, -0.2) is 0 Å². The molecule has 0 aromatic heterocycles. The fourth-order valence-corrected chi connectivity index (χ4v) is 9.02. The average molecular weight is 453 g/mol. The van der Waals surface area contributed by atoms with E-state index in [1.807, 2.05) is 0 Å². The second-order valence-corrected chi connectivity index (χ2v) is 12.7. The number of hydrogen-bond acceptors (Lipinski definition) is 3. The number of carbonyl (C=O) groups is 1. The number of aliphatic hydroxyl groups is 1. The van der Waals surface area contributed by atoms with E-state index in [-0.39, 0.29) is 22.9 Å². The molecule has 0 aromatic carbocycles. The average Bonchev–Trinajstić information content (AvgIpc) is 3.10. The molecule has 5 aliphatic carbocycles. The quantitative estimate of drug-likeness (QED) is 0.297. The number of hydrogen-bond donors (Lipinski definition) is 1. The Balaban J connectivity index is 1.22. The summed E-state index contributed by atoms with van der Waals surface area (Å²) in [4.78, 5) is 12.6. The summed E-state index contributed by atoms with van der Waals surface area (Å²) in [7, 11) is 0. The lowest BCUT2D eigenvalue weighted by Gasteiger charge is -2.58. The van der Waals surface area contributed by atoms with Gasteiger partial charge in [0.05, 0.1) is 0 Å². The minimum absolute atomic E-state index is 0.0245. The van der Waals surface area contributed by atoms with Gasteiger partial charge in [0.1, 0.15) is 11.7 Å². The van der Waals surface area contributed by atoms with E-state index < -0.39 is 5.60 Å². The Morgan fingerprint density at radius 2 is 1.85 bits per heavy atom. The fourth-order valence-electron chi connectivity index (χ4n) is 9.02. The number of rotatable bonds is 4. The van der Waals surface area contributed by atoms with Crippen molar-refractivity contribution < 1.29 is 14.6 Å². The molecule has 0 bridgehead atoms. The maximum absolute atomic E-state index is 12.6. The molecule has 33 heavy (non-hydrogen) atoms. The largest absolute Gasteiger partial charge is 0.462 e. The monoisotopic (exact) mass is 452 g/mol. The van der Waals surface area contributed by atoms with Gasteiger partial charge in [-0.15, -0.1) is 6.42 Å². The van der Waals surface area contributed by atoms with E-state index in [4.69, 9.17) is 11.2 Å². The van der Waals surface area contributed by atoms with Crippen LogP contribution in [-0.4, -0.2) is 22.8 Å². The maximum Gasteiger partial charge on any atom is 0.306 e. The van der Waals surface area contributed by atoms with Crippen LogP contribution in [0.15, 0.2) is 11.6 Å². The first kappa shape index (κ1) is 23.5. The molecule has 0 radical (unpaired) electrons. The molecule has 7 atom stereocenters. The Morgan fingerprint density at radius 3 is 2.61 bits per heavy atom. The molecule has 0 spiro atoms. The van der Waals surface area contributed by atoms with Crippen molar-refractivity contribution in [2.45, 2.75) is 122 Å². The molecule has 0 aromatic rings. The molecule has 1 N–H and O–H groups in total. The molecule has 4 fully saturated rings. The second-order valence-electron chi connectivity index (χ2n) is 12.7. The van der Waals surface area contributed by atoms with Gasteiger partial charge in [-0.2, -0.15) is 0 Å². The van der Waals surface area contributed by atoms with Gasteiger partial charge < -0.3 is 9.84 Å². The zero-order valence-electron chi connectivity index (χ0n) is 20.9. The van der Waals surface area contributed by atoms with Crippen molar-refractivity contribution >= 4 is 5.97 Å². The number of terminal acetylenes is 1. The van der Waals surface area contributed by atoms with Crippen LogP contribution < -0.4 is 0 Å². The van der Waals surface area contributed by atoms with Gasteiger partial charge in [0.25, 0.3) is 0 Å². The number of allylic oxidation sites excluding steroid dienone is 1. The van der Waals surface area contributed by atoms with E-state index in [0.29, 0.717) is 24.2 Å². The molecular weight excluding hydrogens is 408 g/mol. The molecule has 0 saturated heterocycles. The molecule has 0 aliphatic heterocycles. The summed E-state index contributed by atoms with van der Waals surface area (Å²) in [6.45, 7) is 4.73. The predicted octanol–water partition coefficient (Wildman–Crippen LogP) is 6.59. The molecule has 4 saturated carbocycles. The van der Waals surface area contributed by atoms with Crippen LogP contribution in [-0.2, 0) is 9.53 Å². The van der Waals surface area contributed by atoms with Crippen molar-refractivity contribution in [3.63, 3.8) is 0 Å². The molecule has 0 unspecified atom stereocenters. The van der Waals surface area contributed by atoms with Gasteiger partial charge in [0, 0.05) is 18.3 Å². The van der Waals surface area contributed by atoms with Crippen molar-refractivity contribution in [3.05, 3.63) is 11.6 Å². The first-order chi connectivity index (χ1) is 15.8. The molecule has 5 aliphatic rings. The summed E-state index contributed by atoms with van der Waals surface area (Å²) in [5, 5.41) is 11.2.